The minimum absolute atomic E-state index is 0.0251. The lowest BCUT2D eigenvalue weighted by Crippen LogP contribution is -2.46. The fraction of sp³-hybridized carbons (Fsp3) is 0.647. The highest BCUT2D eigenvalue weighted by Gasteiger charge is 2.33. The van der Waals surface area contributed by atoms with Crippen molar-refractivity contribution in [2.45, 2.75) is 55.5 Å². The molecule has 0 spiro atoms. The summed E-state index contributed by atoms with van der Waals surface area (Å²) in [5.41, 5.74) is 5.41. The van der Waals surface area contributed by atoms with Gasteiger partial charge < -0.3 is 15.2 Å². The summed E-state index contributed by atoms with van der Waals surface area (Å²) in [5.74, 6) is 0.954. The van der Waals surface area contributed by atoms with Crippen molar-refractivity contribution in [3.05, 3.63) is 18.5 Å². The number of hydrogen-bond donors (Lipinski definition) is 1. The van der Waals surface area contributed by atoms with Gasteiger partial charge >= 0.3 is 0 Å². The average Bonchev–Trinajstić information content (AvgIpc) is 3.38. The van der Waals surface area contributed by atoms with Gasteiger partial charge in [0.15, 0.2) is 5.16 Å². The molecule has 1 aromatic heterocycles. The van der Waals surface area contributed by atoms with Crippen LogP contribution < -0.4 is 5.73 Å². The van der Waals surface area contributed by atoms with Crippen molar-refractivity contribution in [3.63, 3.8) is 0 Å². The molecule has 0 bridgehead atoms. The largest absolute Gasteiger partial charge is 0.369 e. The molecule has 25 heavy (non-hydrogen) atoms. The number of likely N-dealkylation sites (tertiary alicyclic amines) is 1. The van der Waals surface area contributed by atoms with Crippen LogP contribution in [0.1, 0.15) is 44.3 Å². The van der Waals surface area contributed by atoms with Crippen LogP contribution in [0.5, 0.6) is 0 Å². The smallest absolute Gasteiger partial charge is 0.235 e. The van der Waals surface area contributed by atoms with E-state index in [4.69, 9.17) is 5.73 Å². The Morgan fingerprint density at radius 2 is 2.16 bits per heavy atom. The Morgan fingerprint density at radius 1 is 1.40 bits per heavy atom. The number of carbonyl (C=O) groups excluding carboxylic acids is 2. The Labute approximate surface area is 152 Å². The number of amides is 2. The summed E-state index contributed by atoms with van der Waals surface area (Å²) in [6, 6.07) is 0. The lowest BCUT2D eigenvalue weighted by atomic mass is 9.97. The van der Waals surface area contributed by atoms with Crippen molar-refractivity contribution in [1.82, 2.24) is 19.7 Å². The molecule has 8 heteroatoms. The highest BCUT2D eigenvalue weighted by Crippen LogP contribution is 2.40. The monoisotopic (exact) mass is 363 g/mol. The van der Waals surface area contributed by atoms with Gasteiger partial charge in [0.1, 0.15) is 5.82 Å². The molecule has 7 nitrogen and oxygen atoms in total. The van der Waals surface area contributed by atoms with Gasteiger partial charge in [0.2, 0.25) is 11.8 Å². The van der Waals surface area contributed by atoms with Crippen molar-refractivity contribution >= 4 is 23.6 Å². The molecule has 2 aliphatic rings. The maximum atomic E-state index is 12.8. The van der Waals surface area contributed by atoms with Crippen molar-refractivity contribution in [1.29, 1.82) is 0 Å². The van der Waals surface area contributed by atoms with E-state index in [0.29, 0.717) is 25.6 Å². The van der Waals surface area contributed by atoms with E-state index in [-0.39, 0.29) is 23.0 Å². The van der Waals surface area contributed by atoms with Crippen LogP contribution in [0.15, 0.2) is 17.8 Å². The van der Waals surface area contributed by atoms with Gasteiger partial charge in [-0.15, -0.1) is 16.8 Å². The van der Waals surface area contributed by atoms with Gasteiger partial charge in [-0.2, -0.15) is 0 Å². The fourth-order valence-electron chi connectivity index (χ4n) is 3.21. The first-order chi connectivity index (χ1) is 12.0. The van der Waals surface area contributed by atoms with E-state index < -0.39 is 0 Å². The quantitative estimate of drug-likeness (QED) is 0.586. The Hall–Kier alpha value is -1.83. The summed E-state index contributed by atoms with van der Waals surface area (Å²) < 4.78 is 2.06. The molecule has 0 aromatic carbocycles. The van der Waals surface area contributed by atoms with E-state index in [1.165, 1.54) is 11.8 Å². The number of thioether (sulfide) groups is 1. The number of allylic oxidation sites excluding steroid dienone is 1. The van der Waals surface area contributed by atoms with Gasteiger partial charge in [0.05, 0.1) is 11.2 Å². The number of aromatic nitrogens is 3. The summed E-state index contributed by atoms with van der Waals surface area (Å²) in [5, 5.41) is 9.08. The summed E-state index contributed by atoms with van der Waals surface area (Å²) in [4.78, 5) is 25.9. The molecule has 2 N–H and O–H groups in total. The van der Waals surface area contributed by atoms with Crippen LogP contribution in [0.4, 0.5) is 0 Å². The normalized spacial score (nSPS) is 21.8. The zero-order valence-corrected chi connectivity index (χ0v) is 15.4. The summed E-state index contributed by atoms with van der Waals surface area (Å²) in [7, 11) is 0. The second kappa shape index (κ2) is 7.59. The highest BCUT2D eigenvalue weighted by atomic mass is 32.2. The highest BCUT2D eigenvalue weighted by molar-refractivity contribution is 8.00. The van der Waals surface area contributed by atoms with Crippen LogP contribution in [0, 0.1) is 5.92 Å². The molecule has 1 saturated carbocycles. The number of carbonyl (C=O) groups is 2. The van der Waals surface area contributed by atoms with Crippen LogP contribution in [0.25, 0.3) is 0 Å². The van der Waals surface area contributed by atoms with Crippen LogP contribution in [-0.2, 0) is 16.1 Å². The van der Waals surface area contributed by atoms with E-state index in [9.17, 15) is 9.59 Å². The van der Waals surface area contributed by atoms with E-state index in [1.54, 1.807) is 4.90 Å². The molecule has 2 heterocycles. The Bertz CT molecular complexity index is 670. The Morgan fingerprint density at radius 3 is 2.80 bits per heavy atom. The third kappa shape index (κ3) is 4.05. The minimum atomic E-state index is -0.322. The molecule has 2 atom stereocenters. The first kappa shape index (κ1) is 18.0. The number of nitrogens with two attached hydrogens (primary N) is 1. The van der Waals surface area contributed by atoms with Crippen LogP contribution >= 0.6 is 11.8 Å². The SMILES string of the molecule is C=CCn1c(SC(C)C(=O)N2CCCC(C(N)=O)C2)nnc1C1CC1. The van der Waals surface area contributed by atoms with Crippen molar-refractivity contribution in [2.24, 2.45) is 11.7 Å². The third-order valence-electron chi connectivity index (χ3n) is 4.77. The first-order valence-corrected chi connectivity index (χ1v) is 9.68. The van der Waals surface area contributed by atoms with Gasteiger partial charge in [-0.3, -0.25) is 9.59 Å². The second-order valence-electron chi connectivity index (χ2n) is 6.80. The number of primary amides is 1. The van der Waals surface area contributed by atoms with E-state index in [0.717, 1.165) is 36.7 Å². The molecule has 136 valence electrons. The number of hydrogen-bond acceptors (Lipinski definition) is 5. The molecule has 2 unspecified atom stereocenters. The molecule has 1 aliphatic carbocycles. The average molecular weight is 363 g/mol. The number of piperidine rings is 1. The lowest BCUT2D eigenvalue weighted by molar-refractivity contribution is -0.134. The van der Waals surface area contributed by atoms with Crippen LogP contribution in [0.2, 0.25) is 0 Å². The third-order valence-corrected chi connectivity index (χ3v) is 5.83. The molecule has 3 rings (SSSR count). The minimum Gasteiger partial charge on any atom is -0.369 e. The Balaban J connectivity index is 1.67. The molecule has 0 radical (unpaired) electrons. The van der Waals surface area contributed by atoms with E-state index in [2.05, 4.69) is 21.3 Å². The predicted molar refractivity (Wildman–Crippen MR) is 96.0 cm³/mol. The Kier molecular flexibility index (Phi) is 5.46. The second-order valence-corrected chi connectivity index (χ2v) is 8.11. The molecule has 1 aromatic rings. The van der Waals surface area contributed by atoms with Crippen molar-refractivity contribution < 1.29 is 9.59 Å². The molecule has 1 saturated heterocycles. The van der Waals surface area contributed by atoms with Crippen LogP contribution in [-0.4, -0.2) is 49.8 Å². The predicted octanol–water partition coefficient (Wildman–Crippen LogP) is 1.55. The standard InChI is InChI=1S/C17H25N5O2S/c1-3-8-22-15(12-6-7-12)19-20-17(22)25-11(2)16(24)21-9-4-5-13(10-21)14(18)23/h3,11-13H,1,4-10H2,2H3,(H2,18,23). The fourth-order valence-corrected chi connectivity index (χ4v) is 4.16. The van der Waals surface area contributed by atoms with E-state index in [1.807, 2.05) is 13.0 Å². The molecular weight excluding hydrogens is 338 g/mol. The lowest BCUT2D eigenvalue weighted by Gasteiger charge is -2.32. The molecule has 1 aliphatic heterocycles. The molecular formula is C17H25N5O2S. The van der Waals surface area contributed by atoms with Crippen LogP contribution in [0.3, 0.4) is 0 Å². The van der Waals surface area contributed by atoms with Gasteiger partial charge in [-0.25, -0.2) is 0 Å². The van der Waals surface area contributed by atoms with E-state index >= 15 is 0 Å². The topological polar surface area (TPSA) is 94.1 Å². The van der Waals surface area contributed by atoms with Gasteiger partial charge in [-0.1, -0.05) is 17.8 Å². The van der Waals surface area contributed by atoms with Crippen molar-refractivity contribution in [2.75, 3.05) is 13.1 Å². The summed E-state index contributed by atoms with van der Waals surface area (Å²) >= 11 is 1.42. The summed E-state index contributed by atoms with van der Waals surface area (Å²) in [6.45, 7) is 7.44. The molecule has 2 fully saturated rings. The zero-order valence-electron chi connectivity index (χ0n) is 14.6. The number of rotatable bonds is 7. The van der Waals surface area contributed by atoms with Gasteiger partial charge in [0.25, 0.3) is 0 Å². The molecule has 2 amide bonds. The maximum Gasteiger partial charge on any atom is 0.235 e. The van der Waals surface area contributed by atoms with Gasteiger partial charge in [-0.05, 0) is 32.6 Å². The summed E-state index contributed by atoms with van der Waals surface area (Å²) in [6.07, 6.45) is 5.70. The van der Waals surface area contributed by atoms with Gasteiger partial charge in [0, 0.05) is 25.6 Å². The maximum absolute atomic E-state index is 12.8. The number of nitrogens with zero attached hydrogens (tertiary/aromatic N) is 4. The zero-order chi connectivity index (χ0) is 18.0. The first-order valence-electron chi connectivity index (χ1n) is 8.80. The van der Waals surface area contributed by atoms with Crippen molar-refractivity contribution in [3.8, 4) is 0 Å².